The number of benzene rings is 1. The molecule has 1 aliphatic carbocycles. The third-order valence-corrected chi connectivity index (χ3v) is 3.67. The molecule has 1 saturated carbocycles. The zero-order valence-electron chi connectivity index (χ0n) is 11.4. The van der Waals surface area contributed by atoms with Gasteiger partial charge in [-0.1, -0.05) is 13.0 Å². The van der Waals surface area contributed by atoms with Gasteiger partial charge in [-0.25, -0.2) is 4.39 Å². The van der Waals surface area contributed by atoms with Gasteiger partial charge in [0.05, 0.1) is 0 Å². The minimum atomic E-state index is -0.151. The molecule has 18 heavy (non-hydrogen) atoms. The molecule has 0 atom stereocenters. The van der Waals surface area contributed by atoms with Crippen LogP contribution in [-0.2, 0) is 6.54 Å². The molecule has 100 valence electrons. The first kappa shape index (κ1) is 13.5. The van der Waals surface area contributed by atoms with Crippen molar-refractivity contribution in [2.75, 3.05) is 19.6 Å². The molecule has 3 heteroatoms. The Bertz CT molecular complexity index is 388. The number of nitrogens with one attached hydrogen (secondary N) is 1. The Hall–Kier alpha value is -0.930. The summed E-state index contributed by atoms with van der Waals surface area (Å²) in [5.41, 5.74) is 2.21. The molecule has 0 aromatic heterocycles. The molecule has 0 heterocycles. The molecule has 2 nitrogen and oxygen atoms in total. The lowest BCUT2D eigenvalue weighted by molar-refractivity contribution is 0.277. The fourth-order valence-corrected chi connectivity index (χ4v) is 2.34. The van der Waals surface area contributed by atoms with Crippen LogP contribution in [-0.4, -0.2) is 30.6 Å². The zero-order valence-corrected chi connectivity index (χ0v) is 11.4. The fourth-order valence-electron chi connectivity index (χ4n) is 2.34. The number of nitrogens with zero attached hydrogens (tertiary/aromatic N) is 1. The van der Waals surface area contributed by atoms with E-state index in [1.54, 1.807) is 6.07 Å². The maximum Gasteiger partial charge on any atom is 0.123 e. The highest BCUT2D eigenvalue weighted by molar-refractivity contribution is 5.26. The first-order chi connectivity index (χ1) is 8.70. The van der Waals surface area contributed by atoms with Crippen LogP contribution < -0.4 is 5.32 Å². The van der Waals surface area contributed by atoms with E-state index < -0.39 is 0 Å². The van der Waals surface area contributed by atoms with Crippen LogP contribution in [0.3, 0.4) is 0 Å². The van der Waals surface area contributed by atoms with Crippen molar-refractivity contribution >= 4 is 0 Å². The van der Waals surface area contributed by atoms with Gasteiger partial charge in [-0.15, -0.1) is 0 Å². The van der Waals surface area contributed by atoms with Crippen molar-refractivity contribution in [2.45, 2.75) is 39.3 Å². The third-order valence-electron chi connectivity index (χ3n) is 3.67. The Balaban J connectivity index is 1.71. The topological polar surface area (TPSA) is 15.3 Å². The molecule has 0 aliphatic heterocycles. The Labute approximate surface area is 109 Å². The summed E-state index contributed by atoms with van der Waals surface area (Å²) in [7, 11) is 0. The van der Waals surface area contributed by atoms with Crippen molar-refractivity contribution in [3.8, 4) is 0 Å². The average Bonchev–Trinajstić information content (AvgIpc) is 3.16. The summed E-state index contributed by atoms with van der Waals surface area (Å²) >= 11 is 0. The van der Waals surface area contributed by atoms with Crippen molar-refractivity contribution in [2.24, 2.45) is 0 Å². The normalized spacial score (nSPS) is 15.3. The Morgan fingerprint density at radius 1 is 1.39 bits per heavy atom. The van der Waals surface area contributed by atoms with E-state index in [9.17, 15) is 4.39 Å². The van der Waals surface area contributed by atoms with Gasteiger partial charge in [0.25, 0.3) is 0 Å². The quantitative estimate of drug-likeness (QED) is 0.749. The standard InChI is InChI=1S/C15H23FN2/c1-3-18(15-6-7-15)9-8-17-11-13-4-5-14(16)10-12(13)2/h4-5,10,15,17H,3,6-9,11H2,1-2H3. The minimum absolute atomic E-state index is 0.151. The van der Waals surface area contributed by atoms with Crippen molar-refractivity contribution in [3.05, 3.63) is 35.1 Å². The summed E-state index contributed by atoms with van der Waals surface area (Å²) in [6.45, 7) is 8.27. The lowest BCUT2D eigenvalue weighted by atomic mass is 10.1. The molecule has 0 bridgehead atoms. The molecule has 0 saturated heterocycles. The van der Waals surface area contributed by atoms with Crippen LogP contribution in [0, 0.1) is 12.7 Å². The van der Waals surface area contributed by atoms with Crippen LogP contribution in [0.2, 0.25) is 0 Å². The molecule has 1 fully saturated rings. The lowest BCUT2D eigenvalue weighted by Gasteiger charge is -2.20. The van der Waals surface area contributed by atoms with E-state index in [0.29, 0.717) is 0 Å². The molecule has 0 radical (unpaired) electrons. The van der Waals surface area contributed by atoms with Crippen LogP contribution in [0.15, 0.2) is 18.2 Å². The first-order valence-electron chi connectivity index (χ1n) is 6.90. The highest BCUT2D eigenvalue weighted by atomic mass is 19.1. The van der Waals surface area contributed by atoms with Crippen LogP contribution in [0.4, 0.5) is 4.39 Å². The first-order valence-corrected chi connectivity index (χ1v) is 6.90. The fraction of sp³-hybridized carbons (Fsp3) is 0.600. The highest BCUT2D eigenvalue weighted by Crippen LogP contribution is 2.25. The van der Waals surface area contributed by atoms with Crippen LogP contribution >= 0.6 is 0 Å². The molecule has 1 aromatic rings. The van der Waals surface area contributed by atoms with Crippen molar-refractivity contribution in [3.63, 3.8) is 0 Å². The third kappa shape index (κ3) is 3.79. The van der Waals surface area contributed by atoms with Gasteiger partial charge in [-0.3, -0.25) is 4.90 Å². The van der Waals surface area contributed by atoms with Crippen molar-refractivity contribution < 1.29 is 4.39 Å². The number of aryl methyl sites for hydroxylation is 1. The molecule has 1 aromatic carbocycles. The number of hydrogen-bond acceptors (Lipinski definition) is 2. The van der Waals surface area contributed by atoms with Gasteiger partial charge in [0.2, 0.25) is 0 Å². The lowest BCUT2D eigenvalue weighted by Crippen LogP contribution is -2.33. The van der Waals surface area contributed by atoms with Crippen LogP contribution in [0.1, 0.15) is 30.9 Å². The van der Waals surface area contributed by atoms with E-state index in [-0.39, 0.29) is 5.82 Å². The van der Waals surface area contributed by atoms with Gasteiger partial charge in [-0.05, 0) is 49.6 Å². The largest absolute Gasteiger partial charge is 0.311 e. The maximum atomic E-state index is 13.0. The molecular formula is C15H23FN2. The predicted molar refractivity (Wildman–Crippen MR) is 73.1 cm³/mol. The summed E-state index contributed by atoms with van der Waals surface area (Å²) in [6, 6.07) is 5.84. The van der Waals surface area contributed by atoms with E-state index in [1.165, 1.54) is 24.5 Å². The second-order valence-electron chi connectivity index (χ2n) is 5.11. The number of rotatable bonds is 7. The second-order valence-corrected chi connectivity index (χ2v) is 5.11. The molecule has 1 N–H and O–H groups in total. The maximum absolute atomic E-state index is 13.0. The molecule has 2 rings (SSSR count). The van der Waals surface area contributed by atoms with Gasteiger partial charge in [-0.2, -0.15) is 0 Å². The number of hydrogen-bond donors (Lipinski definition) is 1. The second kappa shape index (κ2) is 6.30. The zero-order chi connectivity index (χ0) is 13.0. The van der Waals surface area contributed by atoms with E-state index in [0.717, 1.165) is 37.8 Å². The molecule has 0 amide bonds. The highest BCUT2D eigenvalue weighted by Gasteiger charge is 2.26. The summed E-state index contributed by atoms with van der Waals surface area (Å²) in [5, 5.41) is 3.45. The van der Waals surface area contributed by atoms with Crippen LogP contribution in [0.25, 0.3) is 0 Å². The predicted octanol–water partition coefficient (Wildman–Crippen LogP) is 2.71. The van der Waals surface area contributed by atoms with Crippen molar-refractivity contribution in [1.82, 2.24) is 10.2 Å². The number of halogens is 1. The minimum Gasteiger partial charge on any atom is -0.311 e. The van der Waals surface area contributed by atoms with Gasteiger partial charge < -0.3 is 5.32 Å². The Kier molecular flexibility index (Phi) is 4.72. The van der Waals surface area contributed by atoms with E-state index >= 15 is 0 Å². The van der Waals surface area contributed by atoms with E-state index in [2.05, 4.69) is 17.1 Å². The van der Waals surface area contributed by atoms with Gasteiger partial charge in [0, 0.05) is 25.7 Å². The summed E-state index contributed by atoms with van der Waals surface area (Å²) < 4.78 is 13.0. The summed E-state index contributed by atoms with van der Waals surface area (Å²) in [6.07, 6.45) is 2.73. The van der Waals surface area contributed by atoms with Gasteiger partial charge >= 0.3 is 0 Å². The molecule has 0 unspecified atom stereocenters. The van der Waals surface area contributed by atoms with Gasteiger partial charge in [0.15, 0.2) is 0 Å². The Morgan fingerprint density at radius 2 is 2.17 bits per heavy atom. The summed E-state index contributed by atoms with van der Waals surface area (Å²) in [4.78, 5) is 2.53. The van der Waals surface area contributed by atoms with E-state index in [4.69, 9.17) is 0 Å². The van der Waals surface area contributed by atoms with Gasteiger partial charge in [0.1, 0.15) is 5.82 Å². The molecular weight excluding hydrogens is 227 g/mol. The van der Waals surface area contributed by atoms with Crippen LogP contribution in [0.5, 0.6) is 0 Å². The number of likely N-dealkylation sites (N-methyl/N-ethyl adjacent to an activating group) is 1. The molecule has 0 spiro atoms. The Morgan fingerprint density at radius 3 is 2.78 bits per heavy atom. The SMILES string of the molecule is CCN(CCNCc1ccc(F)cc1C)C1CC1. The summed E-state index contributed by atoms with van der Waals surface area (Å²) in [5.74, 6) is -0.151. The molecule has 1 aliphatic rings. The van der Waals surface area contributed by atoms with E-state index in [1.807, 2.05) is 13.0 Å². The smallest absolute Gasteiger partial charge is 0.123 e. The average molecular weight is 250 g/mol. The monoisotopic (exact) mass is 250 g/mol. The van der Waals surface area contributed by atoms with Crippen molar-refractivity contribution in [1.29, 1.82) is 0 Å².